The molecule has 3 heteroatoms. The molecule has 2 heterocycles. The average molecular weight is 294 g/mol. The number of benzene rings is 2. The van der Waals surface area contributed by atoms with Gasteiger partial charge < -0.3 is 9.88 Å². The van der Waals surface area contributed by atoms with Gasteiger partial charge in [-0.2, -0.15) is 0 Å². The van der Waals surface area contributed by atoms with E-state index in [2.05, 4.69) is 40.2 Å². The zero-order valence-corrected chi connectivity index (χ0v) is 12.4. The molecular weight excluding hydrogens is 275 g/mol. The van der Waals surface area contributed by atoms with Crippen molar-refractivity contribution in [2.75, 3.05) is 0 Å². The normalized spacial score (nSPS) is 17.6. The minimum absolute atomic E-state index is 0.159. The Bertz CT molecular complexity index is 792. The van der Waals surface area contributed by atoms with Gasteiger partial charge in [-0.05, 0) is 42.7 Å². The van der Waals surface area contributed by atoms with Gasteiger partial charge in [0.05, 0.1) is 5.52 Å². The molecule has 0 bridgehead atoms. The van der Waals surface area contributed by atoms with Gasteiger partial charge in [-0.15, -0.1) is 0 Å². The fourth-order valence-electron chi connectivity index (χ4n) is 3.37. The molecule has 4 rings (SSSR count). The summed E-state index contributed by atoms with van der Waals surface area (Å²) in [6, 6.07) is 18.2. The van der Waals surface area contributed by atoms with Gasteiger partial charge in [0.1, 0.15) is 5.82 Å². The summed E-state index contributed by atoms with van der Waals surface area (Å²) in [5.41, 5.74) is 3.64. The largest absolute Gasteiger partial charge is 0.343 e. The van der Waals surface area contributed by atoms with Crippen LogP contribution in [-0.4, -0.2) is 10.6 Å². The number of aromatic nitrogens is 1. The van der Waals surface area contributed by atoms with Crippen molar-refractivity contribution in [2.45, 2.75) is 32.0 Å². The maximum Gasteiger partial charge on any atom is 0.125 e. The minimum Gasteiger partial charge on any atom is -0.343 e. The number of hydrogen-bond donors (Lipinski definition) is 1. The van der Waals surface area contributed by atoms with E-state index in [1.807, 2.05) is 12.1 Å². The highest BCUT2D eigenvalue weighted by Gasteiger charge is 2.20. The third-order valence-electron chi connectivity index (χ3n) is 4.54. The second kappa shape index (κ2) is 5.58. The first-order valence-corrected chi connectivity index (χ1v) is 7.84. The van der Waals surface area contributed by atoms with Crippen molar-refractivity contribution in [2.24, 2.45) is 0 Å². The van der Waals surface area contributed by atoms with Crippen molar-refractivity contribution in [1.29, 1.82) is 0 Å². The first-order chi connectivity index (χ1) is 10.8. The Morgan fingerprint density at radius 2 is 1.95 bits per heavy atom. The van der Waals surface area contributed by atoms with Crippen molar-refractivity contribution in [3.05, 3.63) is 71.7 Å². The number of rotatable bonds is 3. The zero-order valence-electron chi connectivity index (χ0n) is 12.4. The van der Waals surface area contributed by atoms with Crippen LogP contribution in [0, 0.1) is 5.82 Å². The summed E-state index contributed by atoms with van der Waals surface area (Å²) in [7, 11) is 0. The van der Waals surface area contributed by atoms with E-state index in [0.29, 0.717) is 6.04 Å². The number of fused-ring (bicyclic) bond motifs is 3. The Morgan fingerprint density at radius 1 is 1.09 bits per heavy atom. The molecule has 0 radical (unpaired) electrons. The van der Waals surface area contributed by atoms with Crippen LogP contribution in [0.2, 0.25) is 0 Å². The standard InChI is InChI=1S/C19H19FN2/c20-16-7-6-15-10-18-9-8-17(13-22(18)19(15)11-16)21-12-14-4-2-1-3-5-14/h1-7,10-11,17,21H,8-9,12-13H2. The van der Waals surface area contributed by atoms with E-state index in [4.69, 9.17) is 0 Å². The van der Waals surface area contributed by atoms with Gasteiger partial charge in [-0.3, -0.25) is 0 Å². The molecule has 0 fully saturated rings. The van der Waals surface area contributed by atoms with Crippen LogP contribution in [0.1, 0.15) is 17.7 Å². The van der Waals surface area contributed by atoms with E-state index in [1.165, 1.54) is 11.3 Å². The molecule has 0 aliphatic carbocycles. The Labute approximate surface area is 129 Å². The Hall–Kier alpha value is -2.13. The molecule has 3 aromatic rings. The molecule has 2 aromatic carbocycles. The topological polar surface area (TPSA) is 17.0 Å². The molecule has 0 amide bonds. The van der Waals surface area contributed by atoms with Gasteiger partial charge in [0.25, 0.3) is 0 Å². The predicted molar refractivity (Wildman–Crippen MR) is 87.3 cm³/mol. The quantitative estimate of drug-likeness (QED) is 0.775. The minimum atomic E-state index is -0.159. The third-order valence-corrected chi connectivity index (χ3v) is 4.54. The fourth-order valence-corrected chi connectivity index (χ4v) is 3.37. The highest BCUT2D eigenvalue weighted by molar-refractivity contribution is 5.81. The SMILES string of the molecule is Fc1ccc2cc3n(c2c1)CC(NCc1ccccc1)CC3. The van der Waals surface area contributed by atoms with E-state index in [0.717, 1.165) is 36.8 Å². The highest BCUT2D eigenvalue weighted by Crippen LogP contribution is 2.26. The lowest BCUT2D eigenvalue weighted by Crippen LogP contribution is -2.36. The predicted octanol–water partition coefficient (Wildman–Crippen LogP) is 3.89. The Morgan fingerprint density at radius 3 is 2.82 bits per heavy atom. The molecule has 1 aromatic heterocycles. The lowest BCUT2D eigenvalue weighted by Gasteiger charge is -2.26. The van der Waals surface area contributed by atoms with Crippen molar-refractivity contribution in [1.82, 2.24) is 9.88 Å². The van der Waals surface area contributed by atoms with E-state index >= 15 is 0 Å². The molecule has 2 nitrogen and oxygen atoms in total. The van der Waals surface area contributed by atoms with Crippen LogP contribution in [0.4, 0.5) is 4.39 Å². The second-order valence-corrected chi connectivity index (χ2v) is 6.05. The molecule has 1 unspecified atom stereocenters. The van der Waals surface area contributed by atoms with Gasteiger partial charge in [0.15, 0.2) is 0 Å². The van der Waals surface area contributed by atoms with Gasteiger partial charge in [0, 0.05) is 30.2 Å². The number of nitrogens with one attached hydrogen (secondary N) is 1. The summed E-state index contributed by atoms with van der Waals surface area (Å²) in [6.45, 7) is 1.80. The molecule has 1 aliphatic heterocycles. The van der Waals surface area contributed by atoms with Crippen LogP contribution >= 0.6 is 0 Å². The van der Waals surface area contributed by atoms with Crippen LogP contribution in [0.25, 0.3) is 10.9 Å². The summed E-state index contributed by atoms with van der Waals surface area (Å²) in [4.78, 5) is 0. The molecular formula is C19H19FN2. The molecule has 1 aliphatic rings. The molecule has 1 N–H and O–H groups in total. The molecule has 22 heavy (non-hydrogen) atoms. The van der Waals surface area contributed by atoms with Crippen LogP contribution in [0.15, 0.2) is 54.6 Å². The summed E-state index contributed by atoms with van der Waals surface area (Å²) >= 11 is 0. The monoisotopic (exact) mass is 294 g/mol. The maximum absolute atomic E-state index is 13.5. The summed E-state index contributed by atoms with van der Waals surface area (Å²) in [6.07, 6.45) is 2.17. The van der Waals surface area contributed by atoms with Crippen LogP contribution < -0.4 is 5.32 Å². The summed E-state index contributed by atoms with van der Waals surface area (Å²) in [5, 5.41) is 4.77. The number of hydrogen-bond acceptors (Lipinski definition) is 1. The van der Waals surface area contributed by atoms with Gasteiger partial charge in [0.2, 0.25) is 0 Å². The van der Waals surface area contributed by atoms with Crippen LogP contribution in [0.3, 0.4) is 0 Å². The molecule has 0 spiro atoms. The van der Waals surface area contributed by atoms with Gasteiger partial charge in [-0.1, -0.05) is 30.3 Å². The number of aryl methyl sites for hydroxylation is 1. The molecule has 112 valence electrons. The van der Waals surface area contributed by atoms with Crippen LogP contribution in [-0.2, 0) is 19.5 Å². The number of nitrogens with zero attached hydrogens (tertiary/aromatic N) is 1. The van der Waals surface area contributed by atoms with Gasteiger partial charge in [-0.25, -0.2) is 4.39 Å². The Balaban J connectivity index is 1.53. The first kappa shape index (κ1) is 13.5. The van der Waals surface area contributed by atoms with E-state index in [-0.39, 0.29) is 5.82 Å². The maximum atomic E-state index is 13.5. The van der Waals surface area contributed by atoms with E-state index in [9.17, 15) is 4.39 Å². The van der Waals surface area contributed by atoms with Crippen LogP contribution in [0.5, 0.6) is 0 Å². The Kier molecular flexibility index (Phi) is 3.43. The lowest BCUT2D eigenvalue weighted by atomic mass is 10.0. The second-order valence-electron chi connectivity index (χ2n) is 6.05. The van der Waals surface area contributed by atoms with Crippen molar-refractivity contribution in [3.8, 4) is 0 Å². The molecule has 0 saturated heterocycles. The van der Waals surface area contributed by atoms with Crippen molar-refractivity contribution >= 4 is 10.9 Å². The van der Waals surface area contributed by atoms with E-state index in [1.54, 1.807) is 12.1 Å². The third kappa shape index (κ3) is 2.53. The smallest absolute Gasteiger partial charge is 0.125 e. The summed E-state index contributed by atoms with van der Waals surface area (Å²) in [5.74, 6) is -0.159. The molecule has 1 atom stereocenters. The number of halogens is 1. The van der Waals surface area contributed by atoms with Crippen molar-refractivity contribution < 1.29 is 4.39 Å². The van der Waals surface area contributed by atoms with Crippen molar-refractivity contribution in [3.63, 3.8) is 0 Å². The first-order valence-electron chi connectivity index (χ1n) is 7.84. The fraction of sp³-hybridized carbons (Fsp3) is 0.263. The summed E-state index contributed by atoms with van der Waals surface area (Å²) < 4.78 is 15.8. The van der Waals surface area contributed by atoms with E-state index < -0.39 is 0 Å². The lowest BCUT2D eigenvalue weighted by molar-refractivity contribution is 0.389. The average Bonchev–Trinajstić information content (AvgIpc) is 2.91. The molecule has 0 saturated carbocycles. The highest BCUT2D eigenvalue weighted by atomic mass is 19.1. The zero-order chi connectivity index (χ0) is 14.9. The van der Waals surface area contributed by atoms with Gasteiger partial charge >= 0.3 is 0 Å².